The van der Waals surface area contributed by atoms with Gasteiger partial charge < -0.3 is 10.2 Å². The van der Waals surface area contributed by atoms with Crippen LogP contribution in [0.3, 0.4) is 0 Å². The predicted molar refractivity (Wildman–Crippen MR) is 122 cm³/mol. The average molecular weight is 444 g/mol. The molecule has 2 N–H and O–H groups in total. The summed E-state index contributed by atoms with van der Waals surface area (Å²) in [7, 11) is -4.10. The summed E-state index contributed by atoms with van der Waals surface area (Å²) in [6.45, 7) is 9.30. The molecule has 1 heterocycles. The lowest BCUT2D eigenvalue weighted by atomic mass is 9.91. The number of sulfonamides is 1. The summed E-state index contributed by atoms with van der Waals surface area (Å²) in [4.78, 5) is 11.2. The van der Waals surface area contributed by atoms with Crippen LogP contribution in [0.4, 0.5) is 0 Å². The number of aryl methyl sites for hydroxylation is 2. The minimum atomic E-state index is -4.10. The molecule has 0 bridgehead atoms. The summed E-state index contributed by atoms with van der Waals surface area (Å²) in [5, 5.41) is 22.1. The largest absolute Gasteiger partial charge is 0.507 e. The van der Waals surface area contributed by atoms with Crippen LogP contribution >= 0.6 is 0 Å². The number of ketones is 1. The third-order valence-corrected chi connectivity index (χ3v) is 7.48. The monoisotopic (exact) mass is 443 g/mol. The maximum atomic E-state index is 13.3. The number of phenolic OH excluding ortho intramolecular Hbond substituents is 2. The molecule has 31 heavy (non-hydrogen) atoms. The Morgan fingerprint density at radius 1 is 1.16 bits per heavy atom. The van der Waals surface area contributed by atoms with Gasteiger partial charge in [0, 0.05) is 0 Å². The SMILES string of the molecule is C=C(C)c1ccc(C)cc1-c1c(O)cc(CCCCC)c(S(=O)(=O)N2CC(=O)C2)c1O. The highest BCUT2D eigenvalue weighted by Crippen LogP contribution is 2.47. The third kappa shape index (κ3) is 4.38. The molecule has 0 saturated carbocycles. The lowest BCUT2D eigenvalue weighted by molar-refractivity contribution is -0.125. The van der Waals surface area contributed by atoms with E-state index in [9.17, 15) is 23.4 Å². The molecule has 0 aliphatic carbocycles. The van der Waals surface area contributed by atoms with Crippen molar-refractivity contribution in [1.29, 1.82) is 0 Å². The summed E-state index contributed by atoms with van der Waals surface area (Å²) >= 11 is 0. The number of aromatic hydroxyl groups is 2. The fraction of sp³-hybridized carbons (Fsp3) is 0.375. The molecule has 0 amide bonds. The van der Waals surface area contributed by atoms with Gasteiger partial charge >= 0.3 is 0 Å². The normalized spacial score (nSPS) is 14.5. The van der Waals surface area contributed by atoms with Gasteiger partial charge in [0.2, 0.25) is 10.0 Å². The zero-order chi connectivity index (χ0) is 22.9. The summed E-state index contributed by atoms with van der Waals surface area (Å²) in [6.07, 6.45) is 2.96. The lowest BCUT2D eigenvalue weighted by Gasteiger charge is -2.30. The first-order valence-corrected chi connectivity index (χ1v) is 11.9. The Kier molecular flexibility index (Phi) is 6.57. The van der Waals surface area contributed by atoms with Gasteiger partial charge in [0.1, 0.15) is 16.4 Å². The van der Waals surface area contributed by atoms with E-state index in [0.29, 0.717) is 23.1 Å². The Morgan fingerprint density at radius 3 is 2.42 bits per heavy atom. The van der Waals surface area contributed by atoms with Crippen LogP contribution in [0.25, 0.3) is 16.7 Å². The molecule has 0 spiro atoms. The van der Waals surface area contributed by atoms with E-state index in [2.05, 4.69) is 6.58 Å². The van der Waals surface area contributed by atoms with Crippen molar-refractivity contribution in [2.24, 2.45) is 0 Å². The molecule has 0 radical (unpaired) electrons. The van der Waals surface area contributed by atoms with Gasteiger partial charge in [-0.25, -0.2) is 8.42 Å². The first kappa shape index (κ1) is 23.0. The molecule has 7 heteroatoms. The van der Waals surface area contributed by atoms with Gasteiger partial charge in [-0.3, -0.25) is 4.79 Å². The second kappa shape index (κ2) is 8.85. The fourth-order valence-corrected chi connectivity index (χ4v) is 5.60. The summed E-state index contributed by atoms with van der Waals surface area (Å²) in [5.41, 5.74) is 3.25. The topological polar surface area (TPSA) is 94.9 Å². The second-order valence-electron chi connectivity index (χ2n) is 8.21. The molecule has 0 aromatic heterocycles. The highest BCUT2D eigenvalue weighted by atomic mass is 32.2. The van der Waals surface area contributed by atoms with E-state index in [0.717, 1.165) is 34.7 Å². The van der Waals surface area contributed by atoms with Crippen LogP contribution in [0, 0.1) is 6.92 Å². The summed E-state index contributed by atoms with van der Waals surface area (Å²) < 4.78 is 27.7. The van der Waals surface area contributed by atoms with Gasteiger partial charge in [-0.15, -0.1) is 0 Å². The van der Waals surface area contributed by atoms with Crippen molar-refractivity contribution >= 4 is 21.4 Å². The number of carbonyl (C=O) groups excluding carboxylic acids is 1. The van der Waals surface area contributed by atoms with E-state index in [1.807, 2.05) is 32.9 Å². The summed E-state index contributed by atoms with van der Waals surface area (Å²) in [5.74, 6) is -0.840. The Morgan fingerprint density at radius 2 is 1.84 bits per heavy atom. The number of allylic oxidation sites excluding steroid dienone is 1. The number of hydrogen-bond acceptors (Lipinski definition) is 5. The number of Topliss-reactive ketones (excluding diaryl/α,β-unsaturated/α-hetero) is 1. The van der Waals surface area contributed by atoms with E-state index >= 15 is 0 Å². The Hall–Kier alpha value is -2.64. The molecule has 166 valence electrons. The van der Waals surface area contributed by atoms with Gasteiger partial charge in [-0.2, -0.15) is 4.31 Å². The number of benzene rings is 2. The summed E-state index contributed by atoms with van der Waals surface area (Å²) in [6, 6.07) is 6.95. The minimum absolute atomic E-state index is 0.0615. The van der Waals surface area contributed by atoms with Crippen molar-refractivity contribution in [2.45, 2.75) is 51.3 Å². The van der Waals surface area contributed by atoms with E-state index in [4.69, 9.17) is 0 Å². The van der Waals surface area contributed by atoms with Crippen molar-refractivity contribution < 1.29 is 23.4 Å². The first-order chi connectivity index (χ1) is 14.6. The van der Waals surface area contributed by atoms with Crippen molar-refractivity contribution in [3.63, 3.8) is 0 Å². The van der Waals surface area contributed by atoms with Crippen LogP contribution in [0.1, 0.15) is 49.8 Å². The maximum Gasteiger partial charge on any atom is 0.247 e. The molecule has 2 aromatic carbocycles. The van der Waals surface area contributed by atoms with Gasteiger partial charge in [-0.1, -0.05) is 55.7 Å². The van der Waals surface area contributed by atoms with E-state index in [1.54, 1.807) is 6.07 Å². The molecule has 1 aliphatic rings. The van der Waals surface area contributed by atoms with Crippen LogP contribution in [-0.4, -0.2) is 41.8 Å². The zero-order valence-corrected chi connectivity index (χ0v) is 19.1. The smallest absolute Gasteiger partial charge is 0.247 e. The predicted octanol–water partition coefficient (Wildman–Crippen LogP) is 4.41. The average Bonchev–Trinajstić information content (AvgIpc) is 2.65. The second-order valence-corrected chi connectivity index (χ2v) is 10.1. The number of unbranched alkanes of at least 4 members (excludes halogenated alkanes) is 2. The highest BCUT2D eigenvalue weighted by molar-refractivity contribution is 7.89. The molecule has 3 rings (SSSR count). The van der Waals surface area contributed by atoms with Crippen LogP contribution in [0.2, 0.25) is 0 Å². The molecule has 1 fully saturated rings. The number of carbonyl (C=O) groups is 1. The van der Waals surface area contributed by atoms with Crippen molar-refractivity contribution in [3.8, 4) is 22.6 Å². The number of phenols is 2. The Balaban J connectivity index is 2.27. The highest BCUT2D eigenvalue weighted by Gasteiger charge is 2.39. The van der Waals surface area contributed by atoms with E-state index in [-0.39, 0.29) is 35.1 Å². The molecule has 2 aromatic rings. The zero-order valence-electron chi connectivity index (χ0n) is 18.2. The molecule has 6 nitrogen and oxygen atoms in total. The van der Waals surface area contributed by atoms with Crippen molar-refractivity contribution in [2.75, 3.05) is 13.1 Å². The van der Waals surface area contributed by atoms with E-state index < -0.39 is 15.8 Å². The van der Waals surface area contributed by atoms with E-state index in [1.165, 1.54) is 6.07 Å². The van der Waals surface area contributed by atoms with Crippen LogP contribution in [0.5, 0.6) is 11.5 Å². The van der Waals surface area contributed by atoms with Gasteiger partial charge in [-0.05, 0) is 49.4 Å². The Labute approximate surface area is 183 Å². The van der Waals surface area contributed by atoms with Crippen LogP contribution < -0.4 is 0 Å². The van der Waals surface area contributed by atoms with Gasteiger partial charge in [0.05, 0.1) is 18.7 Å². The number of hydrogen-bond donors (Lipinski definition) is 2. The lowest BCUT2D eigenvalue weighted by Crippen LogP contribution is -2.50. The first-order valence-electron chi connectivity index (χ1n) is 10.4. The molecular weight excluding hydrogens is 414 g/mol. The maximum absolute atomic E-state index is 13.3. The standard InChI is InChI=1S/C24H29NO5S/c1-5-6-7-8-17-12-21(27)22(20-11-16(4)9-10-19(20)15(2)3)23(28)24(17)31(29,30)25-13-18(26)14-25/h9-12,27-28H,2,5-8,13-14H2,1,3-4H3. The molecule has 1 saturated heterocycles. The van der Waals surface area contributed by atoms with Crippen molar-refractivity contribution in [1.82, 2.24) is 4.31 Å². The molecular formula is C24H29NO5S. The Bertz CT molecular complexity index is 1140. The minimum Gasteiger partial charge on any atom is -0.507 e. The quantitative estimate of drug-likeness (QED) is 0.589. The van der Waals surface area contributed by atoms with Gasteiger partial charge in [0.25, 0.3) is 0 Å². The fourth-order valence-electron chi connectivity index (χ4n) is 3.88. The number of rotatable bonds is 8. The van der Waals surface area contributed by atoms with Crippen LogP contribution in [-0.2, 0) is 21.2 Å². The van der Waals surface area contributed by atoms with Gasteiger partial charge in [0.15, 0.2) is 5.78 Å². The van der Waals surface area contributed by atoms with Crippen molar-refractivity contribution in [3.05, 3.63) is 47.5 Å². The molecule has 0 unspecified atom stereocenters. The molecule has 0 atom stereocenters. The third-order valence-electron chi connectivity index (χ3n) is 5.57. The van der Waals surface area contributed by atoms with Crippen LogP contribution in [0.15, 0.2) is 35.7 Å². The number of nitrogens with zero attached hydrogens (tertiary/aromatic N) is 1. The molecule has 1 aliphatic heterocycles.